The average molecular weight is 296 g/mol. The van der Waals surface area contributed by atoms with Crippen molar-refractivity contribution in [2.75, 3.05) is 0 Å². The van der Waals surface area contributed by atoms with E-state index in [1.54, 1.807) is 6.07 Å². The number of carbonyl (C=O) groups is 2. The van der Waals surface area contributed by atoms with Crippen LogP contribution in [0.3, 0.4) is 0 Å². The van der Waals surface area contributed by atoms with E-state index in [0.717, 1.165) is 12.0 Å². The second kappa shape index (κ2) is 6.27. The van der Waals surface area contributed by atoms with Gasteiger partial charge in [0, 0.05) is 5.02 Å². The molecule has 1 amide bonds. The number of hydrogen-bond acceptors (Lipinski definition) is 2. The molecule has 0 heterocycles. The van der Waals surface area contributed by atoms with E-state index in [9.17, 15) is 9.59 Å². The van der Waals surface area contributed by atoms with E-state index in [0.29, 0.717) is 17.9 Å². The predicted molar refractivity (Wildman–Crippen MR) is 76.5 cm³/mol. The second-order valence-electron chi connectivity index (χ2n) is 5.23. The number of amides is 1. The van der Waals surface area contributed by atoms with Crippen molar-refractivity contribution in [2.45, 2.75) is 32.2 Å². The Morgan fingerprint density at radius 3 is 2.60 bits per heavy atom. The van der Waals surface area contributed by atoms with Crippen LogP contribution in [0.5, 0.6) is 0 Å². The Morgan fingerprint density at radius 1 is 1.30 bits per heavy atom. The van der Waals surface area contributed by atoms with Crippen molar-refractivity contribution < 1.29 is 14.7 Å². The van der Waals surface area contributed by atoms with E-state index in [1.807, 2.05) is 25.1 Å². The zero-order valence-electron chi connectivity index (χ0n) is 11.3. The number of carbonyl (C=O) groups excluding carboxylic acids is 1. The molecule has 2 unspecified atom stereocenters. The highest BCUT2D eigenvalue weighted by atomic mass is 35.5. The third kappa shape index (κ3) is 3.12. The lowest BCUT2D eigenvalue weighted by Gasteiger charge is -2.20. The van der Waals surface area contributed by atoms with Crippen molar-refractivity contribution in [1.82, 2.24) is 5.32 Å². The normalized spacial score (nSPS) is 23.3. The molecule has 0 aliphatic heterocycles. The Kier molecular flexibility index (Phi) is 4.65. The fourth-order valence-electron chi connectivity index (χ4n) is 2.79. The fraction of sp³-hybridized carbons (Fsp3) is 0.467. The van der Waals surface area contributed by atoms with Crippen LogP contribution in [0, 0.1) is 11.8 Å². The molecule has 1 aliphatic carbocycles. The van der Waals surface area contributed by atoms with Crippen molar-refractivity contribution in [2.24, 2.45) is 11.8 Å². The van der Waals surface area contributed by atoms with Crippen molar-refractivity contribution in [3.05, 3.63) is 34.9 Å². The first-order valence-electron chi connectivity index (χ1n) is 6.78. The van der Waals surface area contributed by atoms with Gasteiger partial charge in [0.1, 0.15) is 0 Å². The van der Waals surface area contributed by atoms with Crippen LogP contribution in [-0.2, 0) is 9.59 Å². The number of nitrogens with one attached hydrogen (secondary N) is 1. The molecule has 0 aromatic heterocycles. The van der Waals surface area contributed by atoms with Gasteiger partial charge in [0.2, 0.25) is 5.91 Å². The molecule has 2 rings (SSSR count). The molecule has 2 N–H and O–H groups in total. The molecule has 1 saturated carbocycles. The Labute approximate surface area is 123 Å². The van der Waals surface area contributed by atoms with Gasteiger partial charge in [-0.05, 0) is 31.4 Å². The van der Waals surface area contributed by atoms with Crippen LogP contribution in [-0.4, -0.2) is 17.0 Å². The fourth-order valence-corrected chi connectivity index (χ4v) is 3.09. The standard InChI is InChI=1S/C15H18ClNO3/c1-9(10-5-2-3-8-13(10)16)17-14(18)11-6-4-7-12(11)15(19)20/h2-3,5,8-9,11-12H,4,6-7H2,1H3,(H,17,18)(H,19,20)/t9-,11?,12?/m1/s1. The van der Waals surface area contributed by atoms with Gasteiger partial charge in [-0.25, -0.2) is 0 Å². The summed E-state index contributed by atoms with van der Waals surface area (Å²) in [6, 6.07) is 7.09. The minimum Gasteiger partial charge on any atom is -0.481 e. The number of carboxylic acids is 1. The summed E-state index contributed by atoms with van der Waals surface area (Å²) in [7, 11) is 0. The third-order valence-corrected chi connectivity index (χ3v) is 4.24. The van der Waals surface area contributed by atoms with Gasteiger partial charge < -0.3 is 10.4 Å². The molecule has 1 aromatic carbocycles. The largest absolute Gasteiger partial charge is 0.481 e. The maximum atomic E-state index is 12.2. The summed E-state index contributed by atoms with van der Waals surface area (Å²) in [5, 5.41) is 12.6. The summed E-state index contributed by atoms with van der Waals surface area (Å²) in [6.07, 6.45) is 2.00. The molecule has 3 atom stereocenters. The van der Waals surface area contributed by atoms with Gasteiger partial charge in [0.05, 0.1) is 17.9 Å². The minimum absolute atomic E-state index is 0.192. The van der Waals surface area contributed by atoms with Gasteiger partial charge in [-0.1, -0.05) is 36.2 Å². The number of rotatable bonds is 4. The van der Waals surface area contributed by atoms with E-state index in [4.69, 9.17) is 16.7 Å². The smallest absolute Gasteiger partial charge is 0.307 e. The lowest BCUT2D eigenvalue weighted by Crippen LogP contribution is -2.36. The van der Waals surface area contributed by atoms with Crippen LogP contribution in [0.2, 0.25) is 5.02 Å². The van der Waals surface area contributed by atoms with E-state index in [-0.39, 0.29) is 11.9 Å². The molecule has 0 bridgehead atoms. The topological polar surface area (TPSA) is 66.4 Å². The molecular formula is C15H18ClNO3. The molecule has 1 aromatic rings. The molecule has 108 valence electrons. The highest BCUT2D eigenvalue weighted by Gasteiger charge is 2.38. The predicted octanol–water partition coefficient (Wildman–Crippen LogP) is 3.02. The molecule has 0 saturated heterocycles. The van der Waals surface area contributed by atoms with Gasteiger partial charge in [-0.15, -0.1) is 0 Å². The number of carboxylic acid groups (broad SMARTS) is 1. The molecule has 1 fully saturated rings. The van der Waals surface area contributed by atoms with Crippen molar-refractivity contribution >= 4 is 23.5 Å². The maximum Gasteiger partial charge on any atom is 0.307 e. The minimum atomic E-state index is -0.881. The number of benzene rings is 1. The Morgan fingerprint density at radius 2 is 1.95 bits per heavy atom. The van der Waals surface area contributed by atoms with Gasteiger partial charge in [0.25, 0.3) is 0 Å². The van der Waals surface area contributed by atoms with E-state index < -0.39 is 17.8 Å². The third-order valence-electron chi connectivity index (χ3n) is 3.90. The molecule has 1 aliphatic rings. The number of halogens is 1. The number of hydrogen-bond donors (Lipinski definition) is 2. The molecule has 4 nitrogen and oxygen atoms in total. The van der Waals surface area contributed by atoms with Gasteiger partial charge in [-0.2, -0.15) is 0 Å². The molecule has 5 heteroatoms. The van der Waals surface area contributed by atoms with Crippen LogP contribution >= 0.6 is 11.6 Å². The first-order chi connectivity index (χ1) is 9.50. The van der Waals surface area contributed by atoms with Crippen molar-refractivity contribution in [1.29, 1.82) is 0 Å². The summed E-state index contributed by atoms with van der Waals surface area (Å²) in [6.45, 7) is 1.85. The Hall–Kier alpha value is -1.55. The van der Waals surface area contributed by atoms with Crippen LogP contribution in [0.25, 0.3) is 0 Å². The average Bonchev–Trinajstić information content (AvgIpc) is 2.88. The van der Waals surface area contributed by atoms with Crippen molar-refractivity contribution in [3.8, 4) is 0 Å². The lowest BCUT2D eigenvalue weighted by atomic mass is 9.94. The zero-order chi connectivity index (χ0) is 14.7. The van der Waals surface area contributed by atoms with Crippen LogP contribution < -0.4 is 5.32 Å². The van der Waals surface area contributed by atoms with Crippen LogP contribution in [0.4, 0.5) is 0 Å². The summed E-state index contributed by atoms with van der Waals surface area (Å²) >= 11 is 6.10. The van der Waals surface area contributed by atoms with Crippen LogP contribution in [0.1, 0.15) is 37.8 Å². The molecule has 20 heavy (non-hydrogen) atoms. The second-order valence-corrected chi connectivity index (χ2v) is 5.64. The Bertz CT molecular complexity index is 518. The first-order valence-corrected chi connectivity index (χ1v) is 7.16. The molecular weight excluding hydrogens is 278 g/mol. The monoisotopic (exact) mass is 295 g/mol. The van der Waals surface area contributed by atoms with E-state index >= 15 is 0 Å². The summed E-state index contributed by atoms with van der Waals surface area (Å²) < 4.78 is 0. The summed E-state index contributed by atoms with van der Waals surface area (Å²) in [5.74, 6) is -2.07. The highest BCUT2D eigenvalue weighted by Crippen LogP contribution is 2.33. The number of aliphatic carboxylic acids is 1. The first kappa shape index (κ1) is 14.9. The quantitative estimate of drug-likeness (QED) is 0.897. The Balaban J connectivity index is 2.04. The van der Waals surface area contributed by atoms with Crippen molar-refractivity contribution in [3.63, 3.8) is 0 Å². The van der Waals surface area contributed by atoms with Gasteiger partial charge in [0.15, 0.2) is 0 Å². The molecule has 0 radical (unpaired) electrons. The van der Waals surface area contributed by atoms with Gasteiger partial charge >= 0.3 is 5.97 Å². The lowest BCUT2D eigenvalue weighted by molar-refractivity contribution is -0.146. The SMILES string of the molecule is C[C@@H](NC(=O)C1CCCC1C(=O)O)c1ccccc1Cl. The van der Waals surface area contributed by atoms with Crippen LogP contribution in [0.15, 0.2) is 24.3 Å². The van der Waals surface area contributed by atoms with Gasteiger partial charge in [-0.3, -0.25) is 9.59 Å². The van der Waals surface area contributed by atoms with E-state index in [1.165, 1.54) is 0 Å². The maximum absolute atomic E-state index is 12.2. The highest BCUT2D eigenvalue weighted by molar-refractivity contribution is 6.31. The summed E-state index contributed by atoms with van der Waals surface area (Å²) in [5.41, 5.74) is 0.840. The molecule has 0 spiro atoms. The van der Waals surface area contributed by atoms with E-state index in [2.05, 4.69) is 5.32 Å². The zero-order valence-corrected chi connectivity index (χ0v) is 12.1. The summed E-state index contributed by atoms with van der Waals surface area (Å²) in [4.78, 5) is 23.4.